The number of nitrogens with one attached hydrogen (secondary N) is 1. The van der Waals surface area contributed by atoms with Crippen molar-refractivity contribution in [2.24, 2.45) is 0 Å². The number of hydrogen-bond donors (Lipinski definition) is 2. The van der Waals surface area contributed by atoms with Crippen molar-refractivity contribution in [1.82, 2.24) is 10.2 Å². The van der Waals surface area contributed by atoms with Gasteiger partial charge in [0.25, 0.3) is 0 Å². The quantitative estimate of drug-likeness (QED) is 0.767. The molecule has 0 aromatic rings. The summed E-state index contributed by atoms with van der Waals surface area (Å²) < 4.78 is 0. The molecule has 0 bridgehead atoms. The highest BCUT2D eigenvalue weighted by Gasteiger charge is 2.34. The van der Waals surface area contributed by atoms with Gasteiger partial charge >= 0.3 is 12.0 Å². The van der Waals surface area contributed by atoms with E-state index in [1.807, 2.05) is 13.8 Å². The van der Waals surface area contributed by atoms with E-state index in [0.29, 0.717) is 0 Å². The van der Waals surface area contributed by atoms with E-state index in [1.165, 1.54) is 6.92 Å². The van der Waals surface area contributed by atoms with Crippen molar-refractivity contribution in [1.29, 1.82) is 0 Å². The number of carboxylic acids is 1. The first-order valence-electron chi connectivity index (χ1n) is 5.79. The number of nitrogens with zero attached hydrogens (tertiary/aromatic N) is 1. The van der Waals surface area contributed by atoms with Crippen LogP contribution in [0.25, 0.3) is 0 Å². The van der Waals surface area contributed by atoms with Gasteiger partial charge in [-0.2, -0.15) is 0 Å². The molecule has 2 N–H and O–H groups in total. The van der Waals surface area contributed by atoms with Crippen LogP contribution in [-0.2, 0) is 4.79 Å². The first-order valence-corrected chi connectivity index (χ1v) is 5.79. The van der Waals surface area contributed by atoms with E-state index in [0.717, 1.165) is 19.3 Å². The maximum absolute atomic E-state index is 11.9. The topological polar surface area (TPSA) is 69.6 Å². The van der Waals surface area contributed by atoms with Crippen LogP contribution in [0, 0.1) is 0 Å². The highest BCUT2D eigenvalue weighted by atomic mass is 16.4. The summed E-state index contributed by atoms with van der Waals surface area (Å²) in [5.41, 5.74) is 0. The molecule has 1 aliphatic heterocycles. The lowest BCUT2D eigenvalue weighted by Crippen LogP contribution is -2.50. The number of hydrogen-bond acceptors (Lipinski definition) is 2. The molecular weight excluding hydrogens is 208 g/mol. The third-order valence-electron chi connectivity index (χ3n) is 3.20. The number of amides is 2. The Morgan fingerprint density at radius 3 is 2.62 bits per heavy atom. The molecule has 16 heavy (non-hydrogen) atoms. The van der Waals surface area contributed by atoms with Crippen LogP contribution in [0.2, 0.25) is 0 Å². The molecule has 2 unspecified atom stereocenters. The van der Waals surface area contributed by atoms with Crippen molar-refractivity contribution in [3.63, 3.8) is 0 Å². The Morgan fingerprint density at radius 1 is 1.50 bits per heavy atom. The Hall–Kier alpha value is -1.26. The van der Waals surface area contributed by atoms with Gasteiger partial charge in [-0.1, -0.05) is 6.92 Å². The number of urea groups is 1. The molecule has 1 heterocycles. The minimum absolute atomic E-state index is 0.200. The predicted molar refractivity (Wildman–Crippen MR) is 60.2 cm³/mol. The molecule has 0 aromatic heterocycles. The summed E-state index contributed by atoms with van der Waals surface area (Å²) in [6, 6.07) is -0.647. The van der Waals surface area contributed by atoms with Crippen LogP contribution in [0.3, 0.4) is 0 Å². The normalized spacial score (nSPS) is 26.6. The first-order chi connectivity index (χ1) is 7.47. The summed E-state index contributed by atoms with van der Waals surface area (Å²) in [7, 11) is 0. The van der Waals surface area contributed by atoms with Gasteiger partial charge in [-0.25, -0.2) is 4.79 Å². The monoisotopic (exact) mass is 228 g/mol. The molecular formula is C11H20N2O3. The van der Waals surface area contributed by atoms with Gasteiger partial charge in [0.15, 0.2) is 0 Å². The molecule has 0 saturated carbocycles. The summed E-state index contributed by atoms with van der Waals surface area (Å²) in [6.07, 6.45) is 2.92. The van der Waals surface area contributed by atoms with Gasteiger partial charge < -0.3 is 15.3 Å². The van der Waals surface area contributed by atoms with E-state index in [9.17, 15) is 9.59 Å². The van der Waals surface area contributed by atoms with Crippen molar-refractivity contribution in [2.45, 2.75) is 58.2 Å². The number of rotatable bonds is 3. The fourth-order valence-corrected chi connectivity index (χ4v) is 2.16. The zero-order valence-corrected chi connectivity index (χ0v) is 10.1. The summed E-state index contributed by atoms with van der Waals surface area (Å²) in [5.74, 6) is -1.01. The zero-order valence-electron chi connectivity index (χ0n) is 10.1. The van der Waals surface area contributed by atoms with Crippen molar-refractivity contribution in [2.75, 3.05) is 0 Å². The van der Waals surface area contributed by atoms with Crippen molar-refractivity contribution < 1.29 is 14.7 Å². The second-order valence-electron chi connectivity index (χ2n) is 4.41. The maximum atomic E-state index is 11.9. The molecule has 1 saturated heterocycles. The number of carboxylic acid groups (broad SMARTS) is 1. The lowest BCUT2D eigenvalue weighted by atomic mass is 10.2. The molecule has 5 nitrogen and oxygen atoms in total. The molecule has 0 radical (unpaired) electrons. The Balaban J connectivity index is 2.61. The minimum Gasteiger partial charge on any atom is -0.480 e. The van der Waals surface area contributed by atoms with Gasteiger partial charge in [-0.3, -0.25) is 4.79 Å². The molecule has 5 heteroatoms. The molecule has 0 aliphatic carbocycles. The maximum Gasteiger partial charge on any atom is 0.325 e. The van der Waals surface area contributed by atoms with Crippen LogP contribution in [0.5, 0.6) is 0 Å². The lowest BCUT2D eigenvalue weighted by molar-refractivity contribution is -0.138. The Bertz CT molecular complexity index is 280. The van der Waals surface area contributed by atoms with E-state index in [4.69, 9.17) is 5.11 Å². The third kappa shape index (κ3) is 2.65. The molecule has 92 valence electrons. The van der Waals surface area contributed by atoms with Crippen LogP contribution in [-0.4, -0.2) is 40.1 Å². The van der Waals surface area contributed by atoms with E-state index in [1.54, 1.807) is 4.90 Å². The van der Waals surface area contributed by atoms with Crippen LogP contribution in [0.1, 0.15) is 40.0 Å². The Kier molecular flexibility index (Phi) is 4.15. The fraction of sp³-hybridized carbons (Fsp3) is 0.818. The highest BCUT2D eigenvalue weighted by molar-refractivity contribution is 5.82. The van der Waals surface area contributed by atoms with Gasteiger partial charge in [0.05, 0.1) is 0 Å². The van der Waals surface area contributed by atoms with Crippen LogP contribution < -0.4 is 5.32 Å². The van der Waals surface area contributed by atoms with E-state index in [2.05, 4.69) is 5.32 Å². The SMILES string of the molecule is CCC1CCC(C)N1C(=O)N[C@H](C)C(=O)O. The predicted octanol–water partition coefficient (Wildman–Crippen LogP) is 1.43. The Labute approximate surface area is 95.8 Å². The third-order valence-corrected chi connectivity index (χ3v) is 3.20. The lowest BCUT2D eigenvalue weighted by Gasteiger charge is -2.28. The summed E-state index contributed by atoms with van der Waals surface area (Å²) >= 11 is 0. The van der Waals surface area contributed by atoms with Crippen LogP contribution in [0.15, 0.2) is 0 Å². The molecule has 2 amide bonds. The largest absolute Gasteiger partial charge is 0.480 e. The number of likely N-dealkylation sites (tertiary alicyclic amines) is 1. The molecule has 1 aliphatic rings. The average Bonchev–Trinajstić information content (AvgIpc) is 2.59. The zero-order chi connectivity index (χ0) is 12.3. The number of carbonyl (C=O) groups excluding carboxylic acids is 1. The van der Waals surface area contributed by atoms with E-state index in [-0.39, 0.29) is 18.1 Å². The van der Waals surface area contributed by atoms with Gasteiger partial charge in [0.2, 0.25) is 0 Å². The summed E-state index contributed by atoms with van der Waals surface area (Å²) in [5, 5.41) is 11.2. The Morgan fingerprint density at radius 2 is 2.12 bits per heavy atom. The van der Waals surface area contributed by atoms with Gasteiger partial charge in [0.1, 0.15) is 6.04 Å². The average molecular weight is 228 g/mol. The standard InChI is InChI=1S/C11H20N2O3/c1-4-9-6-5-7(2)13(9)11(16)12-8(3)10(14)15/h7-9H,4-6H2,1-3H3,(H,12,16)(H,14,15)/t7?,8-,9?/m1/s1. The molecule has 1 rings (SSSR count). The first kappa shape index (κ1) is 12.8. The van der Waals surface area contributed by atoms with Crippen molar-refractivity contribution in [3.05, 3.63) is 0 Å². The van der Waals surface area contributed by atoms with E-state index < -0.39 is 12.0 Å². The van der Waals surface area contributed by atoms with E-state index >= 15 is 0 Å². The second-order valence-corrected chi connectivity index (χ2v) is 4.41. The number of aliphatic carboxylic acids is 1. The van der Waals surface area contributed by atoms with Gasteiger partial charge in [-0.05, 0) is 33.1 Å². The highest BCUT2D eigenvalue weighted by Crippen LogP contribution is 2.25. The smallest absolute Gasteiger partial charge is 0.325 e. The minimum atomic E-state index is -1.01. The molecule has 0 aromatic carbocycles. The molecule has 1 fully saturated rings. The summed E-state index contributed by atoms with van der Waals surface area (Å²) in [4.78, 5) is 24.3. The molecule has 0 spiro atoms. The summed E-state index contributed by atoms with van der Waals surface area (Å²) in [6.45, 7) is 5.52. The fourth-order valence-electron chi connectivity index (χ4n) is 2.16. The van der Waals surface area contributed by atoms with Gasteiger partial charge in [-0.15, -0.1) is 0 Å². The van der Waals surface area contributed by atoms with Gasteiger partial charge in [0, 0.05) is 12.1 Å². The van der Waals surface area contributed by atoms with Crippen LogP contribution >= 0.6 is 0 Å². The molecule has 3 atom stereocenters. The van der Waals surface area contributed by atoms with Crippen molar-refractivity contribution >= 4 is 12.0 Å². The van der Waals surface area contributed by atoms with Crippen molar-refractivity contribution in [3.8, 4) is 0 Å². The second kappa shape index (κ2) is 5.18. The van der Waals surface area contributed by atoms with Crippen LogP contribution in [0.4, 0.5) is 4.79 Å². The number of carbonyl (C=O) groups is 2.